The second kappa shape index (κ2) is 19.3. The zero-order valence-electron chi connectivity index (χ0n) is 32.4. The largest absolute Gasteiger partial charge is 0.405 e. The number of pyridine rings is 1. The molecule has 2 unspecified atom stereocenters. The lowest BCUT2D eigenvalue weighted by atomic mass is 9.72. The van der Waals surface area contributed by atoms with Gasteiger partial charge in [-0.2, -0.15) is 4.37 Å². The number of likely N-dealkylation sites (N-methyl/N-ethyl adjacent to an activating group) is 1. The van der Waals surface area contributed by atoms with Gasteiger partial charge in [-0.05, 0) is 92.5 Å². The summed E-state index contributed by atoms with van der Waals surface area (Å²) in [6.07, 6.45) is 20.6. The molecule has 2 aromatic heterocycles. The van der Waals surface area contributed by atoms with Crippen LogP contribution in [0.2, 0.25) is 5.02 Å². The van der Waals surface area contributed by atoms with E-state index in [1.54, 1.807) is 25.7 Å². The Labute approximate surface area is 330 Å². The van der Waals surface area contributed by atoms with Gasteiger partial charge in [0.1, 0.15) is 0 Å². The average molecular weight is 767 g/mol. The molecule has 0 radical (unpaired) electrons. The number of benzene rings is 1. The summed E-state index contributed by atoms with van der Waals surface area (Å²) in [4.78, 5) is 22.8. The molecule has 3 aromatic rings. The molecule has 0 saturated carbocycles. The number of hydrogen-bond acceptors (Lipinski definition) is 10. The number of aryl methyl sites for hydroxylation is 1. The Bertz CT molecular complexity index is 2000. The van der Waals surface area contributed by atoms with E-state index in [0.717, 1.165) is 119 Å². The Morgan fingerprint density at radius 3 is 2.61 bits per heavy atom. The van der Waals surface area contributed by atoms with E-state index in [0.29, 0.717) is 16.7 Å². The van der Waals surface area contributed by atoms with E-state index in [4.69, 9.17) is 42.3 Å². The zero-order chi connectivity index (χ0) is 38.8. The number of nitrogens with zero attached hydrogens (tertiary/aromatic N) is 6. The normalized spacial score (nSPS) is 17.9. The summed E-state index contributed by atoms with van der Waals surface area (Å²) in [6.45, 7) is 19.2. The average Bonchev–Trinajstić information content (AvgIpc) is 3.61. The second-order valence-corrected chi connectivity index (χ2v) is 15.5. The Hall–Kier alpha value is -4.35. The lowest BCUT2D eigenvalue weighted by Crippen LogP contribution is -2.45. The molecule has 3 heterocycles. The molecule has 9 nitrogen and oxygen atoms in total. The van der Waals surface area contributed by atoms with Gasteiger partial charge < -0.3 is 21.2 Å². The van der Waals surface area contributed by atoms with Gasteiger partial charge in [0, 0.05) is 80.3 Å². The Balaban J connectivity index is 1.44. The number of fused-ring (bicyclic) bond motifs is 2. The van der Waals surface area contributed by atoms with Crippen LogP contribution in [-0.4, -0.2) is 78.1 Å². The molecular formula is C43H55ClN8OS. The molecule has 1 fully saturated rings. The summed E-state index contributed by atoms with van der Waals surface area (Å²) in [6, 6.07) is 4.10. The van der Waals surface area contributed by atoms with Crippen molar-refractivity contribution in [2.45, 2.75) is 52.4 Å². The first kappa shape index (κ1) is 40.8. The molecule has 0 amide bonds. The van der Waals surface area contributed by atoms with Crippen LogP contribution in [0.4, 0.5) is 0 Å². The van der Waals surface area contributed by atoms with E-state index in [1.165, 1.54) is 11.5 Å². The molecule has 5 rings (SSSR count). The summed E-state index contributed by atoms with van der Waals surface area (Å²) in [5.74, 6) is 1.04. The minimum absolute atomic E-state index is 0.0416. The molecule has 54 heavy (non-hydrogen) atoms. The first-order valence-corrected chi connectivity index (χ1v) is 19.9. The summed E-state index contributed by atoms with van der Waals surface area (Å²) in [5, 5.41) is 3.68. The molecule has 2 atom stereocenters. The number of aromatic nitrogens is 2. The molecule has 4 N–H and O–H groups in total. The standard InChI is InChI=1S/C43H55ClN8OS/c1-8-31(14-12-10-9-11-13-29(4)15-16-33(19-20-45)48-26-28(2)3)36-37-34(17-18-35(40(37)44)53-52-23-21-51(7)22-24-52)38-39-42(36)50-54-43(39)30(5)49-41(38)32(25-46)27-47-6/h8-11,13,17-20,25,27-28,31,36H,1,4,12,14-16,21-24,26,45-46H2,2-3,5-7H3/b10-9-,13-11-,20-19-,32-25+,47-27?,48-33?. The van der Waals surface area contributed by atoms with Gasteiger partial charge in [0.25, 0.3) is 0 Å². The highest BCUT2D eigenvalue weighted by molar-refractivity contribution is 7.13. The molecule has 0 bridgehead atoms. The number of rotatable bonds is 17. The quantitative estimate of drug-likeness (QED) is 0.0801. The van der Waals surface area contributed by atoms with Crippen molar-refractivity contribution in [2.24, 2.45) is 33.3 Å². The summed E-state index contributed by atoms with van der Waals surface area (Å²) in [7, 11) is 3.86. The van der Waals surface area contributed by atoms with Gasteiger partial charge >= 0.3 is 0 Å². The van der Waals surface area contributed by atoms with Crippen molar-refractivity contribution in [1.82, 2.24) is 19.3 Å². The van der Waals surface area contributed by atoms with Gasteiger partial charge in [-0.25, -0.2) is 0 Å². The van der Waals surface area contributed by atoms with E-state index in [-0.39, 0.29) is 11.8 Å². The van der Waals surface area contributed by atoms with Crippen LogP contribution in [0.1, 0.15) is 68.1 Å². The van der Waals surface area contributed by atoms with Crippen molar-refractivity contribution >= 4 is 50.7 Å². The van der Waals surface area contributed by atoms with Gasteiger partial charge in [-0.3, -0.25) is 15.0 Å². The van der Waals surface area contributed by atoms with Crippen LogP contribution < -0.4 is 16.3 Å². The van der Waals surface area contributed by atoms with Crippen LogP contribution in [0, 0.1) is 18.8 Å². The topological polar surface area (TPSA) is 118 Å². The number of halogens is 1. The highest BCUT2D eigenvalue weighted by atomic mass is 35.5. The molecule has 286 valence electrons. The Morgan fingerprint density at radius 2 is 1.93 bits per heavy atom. The maximum absolute atomic E-state index is 7.47. The van der Waals surface area contributed by atoms with Gasteiger partial charge in [-0.1, -0.05) is 74.0 Å². The molecule has 0 spiro atoms. The maximum Gasteiger partial charge on any atom is 0.166 e. The van der Waals surface area contributed by atoms with Gasteiger partial charge in [0.2, 0.25) is 0 Å². The number of piperazine rings is 1. The maximum atomic E-state index is 7.47. The number of aliphatic imine (C=N–C) groups is 2. The van der Waals surface area contributed by atoms with E-state index in [1.807, 2.05) is 24.1 Å². The van der Waals surface area contributed by atoms with Gasteiger partial charge in [0.05, 0.1) is 26.8 Å². The molecule has 11 heteroatoms. The summed E-state index contributed by atoms with van der Waals surface area (Å²) in [5.41, 5.74) is 20.2. The summed E-state index contributed by atoms with van der Waals surface area (Å²) >= 11 is 8.95. The number of nitrogens with two attached hydrogens (primary N) is 2. The van der Waals surface area contributed by atoms with Crippen molar-refractivity contribution in [3.05, 3.63) is 107 Å². The predicted molar refractivity (Wildman–Crippen MR) is 231 cm³/mol. The van der Waals surface area contributed by atoms with E-state index in [2.05, 4.69) is 80.4 Å². The van der Waals surface area contributed by atoms with Crippen LogP contribution in [0.3, 0.4) is 0 Å². The highest BCUT2D eigenvalue weighted by Gasteiger charge is 2.39. The Kier molecular flexibility index (Phi) is 14.6. The fourth-order valence-corrected chi connectivity index (χ4v) is 8.19. The highest BCUT2D eigenvalue weighted by Crippen LogP contribution is 2.55. The van der Waals surface area contributed by atoms with Crippen LogP contribution >= 0.6 is 23.1 Å². The van der Waals surface area contributed by atoms with Crippen molar-refractivity contribution in [3.8, 4) is 16.9 Å². The lowest BCUT2D eigenvalue weighted by Gasteiger charge is -2.34. The second-order valence-electron chi connectivity index (χ2n) is 14.3. The molecule has 1 aromatic carbocycles. The summed E-state index contributed by atoms with van der Waals surface area (Å²) < 4.78 is 6.20. The molecule has 1 aliphatic carbocycles. The molecule has 1 aliphatic heterocycles. The van der Waals surface area contributed by atoms with Crippen molar-refractivity contribution in [1.29, 1.82) is 0 Å². The first-order chi connectivity index (χ1) is 26.1. The molecular weight excluding hydrogens is 712 g/mol. The third-order valence-corrected chi connectivity index (χ3v) is 11.2. The van der Waals surface area contributed by atoms with Crippen LogP contribution in [-0.2, 0) is 0 Å². The fourth-order valence-electron chi connectivity index (χ4n) is 7.00. The van der Waals surface area contributed by atoms with Gasteiger partial charge in [-0.15, -0.1) is 11.6 Å². The third-order valence-electron chi connectivity index (χ3n) is 9.87. The zero-order valence-corrected chi connectivity index (χ0v) is 34.0. The van der Waals surface area contributed by atoms with Crippen molar-refractivity contribution < 1.29 is 4.84 Å². The number of allylic oxidation sites excluding steroid dienone is 8. The fraction of sp³-hybridized carbons (Fsp3) is 0.395. The SMILES string of the molecule is C=CC(CC/C=C\C=C/C(=C)CCC(/C=C\N)=NCC(C)C)C1c2c(ccc(ON3CCN(C)CC3)c2Cl)-c2c(/C(C=NC)=C/N)nc(C)c3snc1c23. The minimum atomic E-state index is -0.139. The first-order valence-electron chi connectivity index (χ1n) is 18.7. The number of hydrogen-bond donors (Lipinski definition) is 2. The molecule has 2 aliphatic rings. The van der Waals surface area contributed by atoms with Crippen LogP contribution in [0.5, 0.6) is 5.75 Å². The molecule has 1 saturated heterocycles. The predicted octanol–water partition coefficient (Wildman–Crippen LogP) is 8.91. The number of hydroxylamine groups is 2. The van der Waals surface area contributed by atoms with Crippen LogP contribution in [0.15, 0.2) is 89.7 Å². The lowest BCUT2D eigenvalue weighted by molar-refractivity contribution is -0.0848. The smallest absolute Gasteiger partial charge is 0.166 e. The van der Waals surface area contributed by atoms with E-state index >= 15 is 0 Å². The van der Waals surface area contributed by atoms with Gasteiger partial charge in [0.15, 0.2) is 5.75 Å². The van der Waals surface area contributed by atoms with Crippen molar-refractivity contribution in [3.63, 3.8) is 0 Å². The Morgan fingerprint density at radius 1 is 1.15 bits per heavy atom. The van der Waals surface area contributed by atoms with Crippen molar-refractivity contribution in [2.75, 3.05) is 46.8 Å². The van der Waals surface area contributed by atoms with Crippen LogP contribution in [0.25, 0.3) is 26.8 Å². The minimum Gasteiger partial charge on any atom is -0.405 e. The third kappa shape index (κ3) is 9.47. The van der Waals surface area contributed by atoms with E-state index in [9.17, 15) is 0 Å². The monoisotopic (exact) mass is 766 g/mol. The van der Waals surface area contributed by atoms with E-state index < -0.39 is 0 Å².